The number of anilines is 1. The Labute approximate surface area is 101 Å². The van der Waals surface area contributed by atoms with E-state index in [2.05, 4.69) is 5.32 Å². The second-order valence-electron chi connectivity index (χ2n) is 5.00. The molecule has 2 N–H and O–H groups in total. The number of aliphatic hydroxyl groups excluding tert-OH is 1. The monoisotopic (exact) mass is 235 g/mol. The van der Waals surface area contributed by atoms with E-state index in [1.165, 1.54) is 6.92 Å². The maximum atomic E-state index is 11.0. The van der Waals surface area contributed by atoms with Crippen molar-refractivity contribution in [3.8, 4) is 5.75 Å². The van der Waals surface area contributed by atoms with Crippen molar-refractivity contribution < 1.29 is 14.6 Å². The molecule has 1 aliphatic heterocycles. The number of fused-ring (bicyclic) bond motifs is 1. The Morgan fingerprint density at radius 1 is 1.53 bits per heavy atom. The van der Waals surface area contributed by atoms with Crippen LogP contribution in [0.3, 0.4) is 0 Å². The van der Waals surface area contributed by atoms with Crippen molar-refractivity contribution in [2.45, 2.75) is 39.4 Å². The van der Waals surface area contributed by atoms with Gasteiger partial charge in [-0.25, -0.2) is 0 Å². The van der Waals surface area contributed by atoms with Gasteiger partial charge in [0.25, 0.3) is 0 Å². The van der Waals surface area contributed by atoms with Crippen LogP contribution in [0.15, 0.2) is 12.1 Å². The molecule has 0 bridgehead atoms. The lowest BCUT2D eigenvalue weighted by molar-refractivity contribution is -0.114. The molecule has 2 rings (SSSR count). The maximum absolute atomic E-state index is 11.0. The number of carbonyl (C=O) groups is 1. The van der Waals surface area contributed by atoms with Gasteiger partial charge in [-0.1, -0.05) is 0 Å². The van der Waals surface area contributed by atoms with E-state index in [9.17, 15) is 9.90 Å². The van der Waals surface area contributed by atoms with Crippen molar-refractivity contribution >= 4 is 11.6 Å². The minimum atomic E-state index is -0.249. The topological polar surface area (TPSA) is 58.6 Å². The SMILES string of the molecule is CC(=O)Nc1cc(CO)c2c(c1)CC(C)(C)O2. The summed E-state index contributed by atoms with van der Waals surface area (Å²) in [5.74, 6) is 0.638. The largest absolute Gasteiger partial charge is 0.487 e. The molecule has 4 nitrogen and oxygen atoms in total. The number of benzene rings is 1. The van der Waals surface area contributed by atoms with E-state index in [1.807, 2.05) is 19.9 Å². The van der Waals surface area contributed by atoms with Gasteiger partial charge in [-0.05, 0) is 26.0 Å². The van der Waals surface area contributed by atoms with Crippen molar-refractivity contribution in [2.24, 2.45) is 0 Å². The quantitative estimate of drug-likeness (QED) is 0.822. The van der Waals surface area contributed by atoms with Crippen LogP contribution in [0.5, 0.6) is 5.75 Å². The molecule has 4 heteroatoms. The molecule has 1 amide bonds. The number of ether oxygens (including phenoxy) is 1. The van der Waals surface area contributed by atoms with Gasteiger partial charge in [0.15, 0.2) is 0 Å². The van der Waals surface area contributed by atoms with Crippen LogP contribution in [0.4, 0.5) is 5.69 Å². The zero-order valence-corrected chi connectivity index (χ0v) is 10.3. The second kappa shape index (κ2) is 4.04. The lowest BCUT2D eigenvalue weighted by Crippen LogP contribution is -2.24. The third kappa shape index (κ3) is 2.42. The Morgan fingerprint density at radius 3 is 2.82 bits per heavy atom. The van der Waals surface area contributed by atoms with Gasteiger partial charge in [-0.15, -0.1) is 0 Å². The van der Waals surface area contributed by atoms with E-state index in [4.69, 9.17) is 4.74 Å². The van der Waals surface area contributed by atoms with Crippen LogP contribution in [0.2, 0.25) is 0 Å². The maximum Gasteiger partial charge on any atom is 0.221 e. The summed E-state index contributed by atoms with van der Waals surface area (Å²) in [7, 11) is 0. The molecule has 0 atom stereocenters. The van der Waals surface area contributed by atoms with Crippen LogP contribution >= 0.6 is 0 Å². The lowest BCUT2D eigenvalue weighted by Gasteiger charge is -2.17. The molecule has 0 spiro atoms. The lowest BCUT2D eigenvalue weighted by atomic mass is 10.00. The van der Waals surface area contributed by atoms with Gasteiger partial charge in [0.1, 0.15) is 11.4 Å². The number of amides is 1. The summed E-state index contributed by atoms with van der Waals surface area (Å²) in [5.41, 5.74) is 2.21. The first-order chi connectivity index (χ1) is 7.91. The highest BCUT2D eigenvalue weighted by atomic mass is 16.5. The first kappa shape index (κ1) is 11.9. The van der Waals surface area contributed by atoms with Gasteiger partial charge in [-0.3, -0.25) is 4.79 Å². The zero-order valence-electron chi connectivity index (χ0n) is 10.3. The highest BCUT2D eigenvalue weighted by Gasteiger charge is 2.32. The summed E-state index contributed by atoms with van der Waals surface area (Å²) in [6.07, 6.45) is 0.781. The Bertz CT molecular complexity index is 466. The number of aliphatic hydroxyl groups is 1. The number of rotatable bonds is 2. The minimum Gasteiger partial charge on any atom is -0.487 e. The van der Waals surface area contributed by atoms with Gasteiger partial charge in [0.2, 0.25) is 5.91 Å². The number of hydrogen-bond acceptors (Lipinski definition) is 3. The summed E-state index contributed by atoms with van der Waals surface area (Å²) in [4.78, 5) is 11.0. The molecule has 0 saturated heterocycles. The van der Waals surface area contributed by atoms with E-state index in [-0.39, 0.29) is 18.1 Å². The summed E-state index contributed by atoms with van der Waals surface area (Å²) in [6, 6.07) is 3.66. The Hall–Kier alpha value is -1.55. The van der Waals surface area contributed by atoms with Crippen LogP contribution in [0.25, 0.3) is 0 Å². The predicted molar refractivity (Wildman–Crippen MR) is 65.1 cm³/mol. The second-order valence-corrected chi connectivity index (χ2v) is 5.00. The molecule has 1 heterocycles. The van der Waals surface area contributed by atoms with Crippen molar-refractivity contribution in [2.75, 3.05) is 5.32 Å². The third-order valence-corrected chi connectivity index (χ3v) is 2.73. The Balaban J connectivity index is 2.41. The molecule has 0 radical (unpaired) electrons. The summed E-state index contributed by atoms with van der Waals surface area (Å²) in [6.45, 7) is 5.39. The van der Waals surface area contributed by atoms with E-state index in [1.54, 1.807) is 6.07 Å². The molecule has 92 valence electrons. The average molecular weight is 235 g/mol. The Morgan fingerprint density at radius 2 is 2.24 bits per heavy atom. The molecular weight excluding hydrogens is 218 g/mol. The standard InChI is InChI=1S/C13H17NO3/c1-8(16)14-11-4-9-6-13(2,3)17-12(9)10(5-11)7-15/h4-5,15H,6-7H2,1-3H3,(H,14,16). The van der Waals surface area contributed by atoms with Gasteiger partial charge >= 0.3 is 0 Å². The number of hydrogen-bond donors (Lipinski definition) is 2. The number of carbonyl (C=O) groups excluding carboxylic acids is 1. The normalized spacial score (nSPS) is 16.2. The van der Waals surface area contributed by atoms with Crippen molar-refractivity contribution in [1.29, 1.82) is 0 Å². The van der Waals surface area contributed by atoms with E-state index in [0.717, 1.165) is 23.3 Å². The molecule has 0 unspecified atom stereocenters. The van der Waals surface area contributed by atoms with Gasteiger partial charge < -0.3 is 15.2 Å². The van der Waals surface area contributed by atoms with E-state index >= 15 is 0 Å². The fraction of sp³-hybridized carbons (Fsp3) is 0.462. The molecule has 17 heavy (non-hydrogen) atoms. The molecule has 0 fully saturated rings. The zero-order chi connectivity index (χ0) is 12.6. The predicted octanol–water partition coefficient (Wildman–Crippen LogP) is 1.85. The fourth-order valence-corrected chi connectivity index (χ4v) is 2.18. The molecule has 1 aromatic carbocycles. The van der Waals surface area contributed by atoms with Crippen LogP contribution < -0.4 is 10.1 Å². The Kier molecular flexibility index (Phi) is 2.83. The van der Waals surface area contributed by atoms with Crippen LogP contribution in [-0.2, 0) is 17.8 Å². The molecule has 1 aromatic rings. The van der Waals surface area contributed by atoms with Crippen molar-refractivity contribution in [1.82, 2.24) is 0 Å². The smallest absolute Gasteiger partial charge is 0.221 e. The minimum absolute atomic E-state index is 0.0914. The van der Waals surface area contributed by atoms with Crippen LogP contribution in [0.1, 0.15) is 31.9 Å². The number of nitrogens with one attached hydrogen (secondary N) is 1. The van der Waals surface area contributed by atoms with E-state index in [0.29, 0.717) is 5.69 Å². The van der Waals surface area contributed by atoms with Crippen LogP contribution in [0, 0.1) is 0 Å². The third-order valence-electron chi connectivity index (χ3n) is 2.73. The summed E-state index contributed by atoms with van der Waals surface area (Å²) >= 11 is 0. The average Bonchev–Trinajstić information content (AvgIpc) is 2.49. The molecular formula is C13H17NO3. The van der Waals surface area contributed by atoms with E-state index < -0.39 is 0 Å². The van der Waals surface area contributed by atoms with Gasteiger partial charge in [-0.2, -0.15) is 0 Å². The van der Waals surface area contributed by atoms with Gasteiger partial charge in [0, 0.05) is 30.2 Å². The first-order valence-corrected chi connectivity index (χ1v) is 5.64. The molecule has 0 aromatic heterocycles. The highest BCUT2D eigenvalue weighted by molar-refractivity contribution is 5.89. The molecule has 0 saturated carbocycles. The first-order valence-electron chi connectivity index (χ1n) is 5.64. The highest BCUT2D eigenvalue weighted by Crippen LogP contribution is 2.39. The molecule has 1 aliphatic rings. The van der Waals surface area contributed by atoms with Crippen molar-refractivity contribution in [3.05, 3.63) is 23.3 Å². The van der Waals surface area contributed by atoms with Crippen LogP contribution in [-0.4, -0.2) is 16.6 Å². The van der Waals surface area contributed by atoms with Gasteiger partial charge in [0.05, 0.1) is 6.61 Å². The molecule has 0 aliphatic carbocycles. The summed E-state index contributed by atoms with van der Waals surface area (Å²) < 4.78 is 5.80. The summed E-state index contributed by atoms with van der Waals surface area (Å²) in [5, 5.41) is 12.1. The fourth-order valence-electron chi connectivity index (χ4n) is 2.18. The van der Waals surface area contributed by atoms with Crippen molar-refractivity contribution in [3.63, 3.8) is 0 Å².